The number of ether oxygens (including phenoxy) is 2. The van der Waals surface area contributed by atoms with Gasteiger partial charge in [-0.1, -0.05) is 0 Å². The Morgan fingerprint density at radius 1 is 1.24 bits per heavy atom. The van der Waals surface area contributed by atoms with Crippen LogP contribution in [0.15, 0.2) is 47.4 Å². The summed E-state index contributed by atoms with van der Waals surface area (Å²) in [6, 6.07) is 9.53. The minimum atomic E-state index is -0.480. The van der Waals surface area contributed by atoms with Crippen molar-refractivity contribution < 1.29 is 28.6 Å². The van der Waals surface area contributed by atoms with Crippen LogP contribution in [0.25, 0.3) is 22.4 Å². The number of benzene rings is 1. The molecular weight excluding hydrogens is 497 g/mol. The summed E-state index contributed by atoms with van der Waals surface area (Å²) in [5, 5.41) is 8.99. The highest BCUT2D eigenvalue weighted by Gasteiger charge is 2.12. The smallest absolute Gasteiger partial charge is 0.248 e. The molecule has 0 unspecified atom stereocenters. The Morgan fingerprint density at radius 2 is 1.84 bits per heavy atom. The fraction of sp³-hybridized carbons (Fsp3) is 0.308. The van der Waals surface area contributed by atoms with Gasteiger partial charge in [0.2, 0.25) is 17.8 Å². The Morgan fingerprint density at radius 3 is 2.34 bits per heavy atom. The normalized spacial score (nSPS) is 12.7. The van der Waals surface area contributed by atoms with Crippen LogP contribution in [-0.2, 0) is 14.3 Å². The second-order valence-corrected chi connectivity index (χ2v) is 7.39. The summed E-state index contributed by atoms with van der Waals surface area (Å²) in [6.45, 7) is 6.77. The number of H-pyrrole nitrogens is 1. The topological polar surface area (TPSA) is 197 Å². The van der Waals surface area contributed by atoms with Crippen LogP contribution in [0.3, 0.4) is 0 Å². The number of aromatic nitrogens is 2. The molecule has 8 N–H and O–H groups in total. The molecule has 1 atom stereocenters. The van der Waals surface area contributed by atoms with Gasteiger partial charge in [0, 0.05) is 30.5 Å². The first kappa shape index (κ1) is 33.9. The molecule has 1 aromatic carbocycles. The summed E-state index contributed by atoms with van der Waals surface area (Å²) in [5.74, 6) is -0.194. The number of nitrogens with two attached hydrogens (primary N) is 3. The van der Waals surface area contributed by atoms with Crippen LogP contribution in [0, 0.1) is 12.7 Å². The molecule has 2 aromatic heterocycles. The number of anilines is 1. The monoisotopic (exact) mass is 533 g/mol. The van der Waals surface area contributed by atoms with Crippen molar-refractivity contribution in [2.75, 3.05) is 32.6 Å². The second-order valence-electron chi connectivity index (χ2n) is 7.39. The van der Waals surface area contributed by atoms with E-state index in [0.717, 1.165) is 12.2 Å². The average Bonchev–Trinajstić information content (AvgIpc) is 2.91. The molecule has 38 heavy (non-hydrogen) atoms. The van der Waals surface area contributed by atoms with Gasteiger partial charge in [-0.2, -0.15) is 0 Å². The highest BCUT2D eigenvalue weighted by atomic mass is 19.1. The fourth-order valence-corrected chi connectivity index (χ4v) is 2.99. The van der Waals surface area contributed by atoms with Crippen LogP contribution in [0.5, 0.6) is 5.88 Å². The van der Waals surface area contributed by atoms with Gasteiger partial charge < -0.3 is 41.6 Å². The molecule has 1 saturated heterocycles. The van der Waals surface area contributed by atoms with Crippen LogP contribution in [0.1, 0.15) is 18.9 Å². The number of carbonyl (C=O) groups is 2. The molecule has 3 aromatic rings. The third-order valence-corrected chi connectivity index (χ3v) is 4.80. The number of aliphatic hydroxyl groups excluding tert-OH is 1. The molecule has 3 heterocycles. The van der Waals surface area contributed by atoms with E-state index in [1.54, 1.807) is 31.2 Å². The minimum Gasteiger partial charge on any atom is -0.475 e. The number of aromatic amines is 1. The first-order valence-electron chi connectivity index (χ1n) is 11.4. The number of hydrogen-bond donors (Lipinski definition) is 5. The minimum absolute atomic E-state index is 0.0398. The molecule has 208 valence electrons. The van der Waals surface area contributed by atoms with Crippen molar-refractivity contribution in [3.05, 3.63) is 64.3 Å². The van der Waals surface area contributed by atoms with Crippen molar-refractivity contribution in [1.29, 1.82) is 0 Å². The molecule has 0 spiro atoms. The fourth-order valence-electron chi connectivity index (χ4n) is 2.99. The molecule has 1 fully saturated rings. The third-order valence-electron chi connectivity index (χ3n) is 4.80. The number of pyridine rings is 2. The molecule has 1 aliphatic rings. The maximum atomic E-state index is 13.7. The van der Waals surface area contributed by atoms with Gasteiger partial charge >= 0.3 is 0 Å². The van der Waals surface area contributed by atoms with E-state index < -0.39 is 5.82 Å². The molecule has 1 amide bonds. The van der Waals surface area contributed by atoms with Crippen LogP contribution < -0.4 is 27.5 Å². The molecule has 1 aliphatic heterocycles. The molecule has 12 heteroatoms. The number of aliphatic hydroxyl groups is 1. The molecule has 4 rings (SSSR count). The molecule has 0 radical (unpaired) electrons. The number of primary amides is 1. The number of hydrogen-bond acceptors (Lipinski definition) is 9. The maximum absolute atomic E-state index is 13.7. The van der Waals surface area contributed by atoms with E-state index >= 15 is 0 Å². The highest BCUT2D eigenvalue weighted by Crippen LogP contribution is 2.32. The van der Waals surface area contributed by atoms with E-state index in [4.69, 9.17) is 29.9 Å². The van der Waals surface area contributed by atoms with Gasteiger partial charge in [-0.05, 0) is 68.3 Å². The summed E-state index contributed by atoms with van der Waals surface area (Å²) >= 11 is 0. The first-order valence-corrected chi connectivity index (χ1v) is 11.4. The van der Waals surface area contributed by atoms with Gasteiger partial charge in [-0.3, -0.25) is 9.59 Å². The lowest BCUT2D eigenvalue weighted by Gasteiger charge is -2.20. The lowest BCUT2D eigenvalue weighted by molar-refractivity contribution is -0.107. The standard InChI is InChI=1S/C19H18FN3O3.C4H8O.CH3NO.CH5N.CH2O/c1-11-6-15(20)16(21)10-14(11)13-7-17(12-2-3-22-18(25)8-12)23-19(9-13)26-5-4-24;1-4-2-3-5-4;2-1-3;2*1-2/h2-3,6-10,24H,4-5,21H2,1H3,(H,22,25);4H,2-3H2,1H3;1H,(H2,2,3);2H2,1H3;1H2/t;4-;;;/m.0.../s1. The van der Waals surface area contributed by atoms with E-state index in [2.05, 4.69) is 28.4 Å². The van der Waals surface area contributed by atoms with Gasteiger partial charge in [-0.25, -0.2) is 9.37 Å². The molecule has 11 nitrogen and oxygen atoms in total. The van der Waals surface area contributed by atoms with E-state index in [9.17, 15) is 9.18 Å². The number of nitrogens with one attached hydrogen (secondary N) is 1. The van der Waals surface area contributed by atoms with Crippen molar-refractivity contribution in [3.8, 4) is 28.3 Å². The summed E-state index contributed by atoms with van der Waals surface area (Å²) in [5.41, 5.74) is 17.4. The largest absolute Gasteiger partial charge is 0.475 e. The lowest BCUT2D eigenvalue weighted by atomic mass is 9.98. The van der Waals surface area contributed by atoms with E-state index in [1.165, 1.54) is 31.8 Å². The Labute approximate surface area is 220 Å². The van der Waals surface area contributed by atoms with E-state index in [-0.39, 0.29) is 36.8 Å². The van der Waals surface area contributed by atoms with Crippen molar-refractivity contribution in [2.24, 2.45) is 11.5 Å². The Balaban J connectivity index is 0.000000961. The predicted octanol–water partition coefficient (Wildman–Crippen LogP) is 1.79. The number of amides is 1. The summed E-state index contributed by atoms with van der Waals surface area (Å²) < 4.78 is 24.1. The van der Waals surface area contributed by atoms with Gasteiger partial charge in [0.25, 0.3) is 0 Å². The Hall–Kier alpha value is -4.13. The number of carbonyl (C=O) groups excluding carboxylic acids is 2. The van der Waals surface area contributed by atoms with Crippen molar-refractivity contribution in [1.82, 2.24) is 9.97 Å². The molecular formula is C26H36FN5O6. The van der Waals surface area contributed by atoms with Crippen LogP contribution in [0.2, 0.25) is 0 Å². The van der Waals surface area contributed by atoms with E-state index in [1.807, 2.05) is 6.79 Å². The van der Waals surface area contributed by atoms with Crippen molar-refractivity contribution in [3.63, 3.8) is 0 Å². The number of nitrogen functional groups attached to an aromatic ring is 1. The zero-order chi connectivity index (χ0) is 29.1. The van der Waals surface area contributed by atoms with Gasteiger partial charge in [0.1, 0.15) is 19.2 Å². The average molecular weight is 534 g/mol. The van der Waals surface area contributed by atoms with Crippen molar-refractivity contribution >= 4 is 18.9 Å². The quantitative estimate of drug-likeness (QED) is 0.240. The lowest BCUT2D eigenvalue weighted by Crippen LogP contribution is -2.22. The summed E-state index contributed by atoms with van der Waals surface area (Å²) in [7, 11) is 1.50. The number of aryl methyl sites for hydroxylation is 1. The van der Waals surface area contributed by atoms with Gasteiger partial charge in [0.05, 0.1) is 24.1 Å². The SMILES string of the molecule is C=O.CN.C[C@H]1CCO1.Cc1cc(F)c(N)cc1-c1cc(OCCO)nc(-c2cc[nH]c(=O)c2)c1.NC=O. The van der Waals surface area contributed by atoms with Gasteiger partial charge in [-0.15, -0.1) is 0 Å². The molecule has 0 bridgehead atoms. The van der Waals surface area contributed by atoms with Crippen LogP contribution in [0.4, 0.5) is 10.1 Å². The van der Waals surface area contributed by atoms with E-state index in [0.29, 0.717) is 28.5 Å². The molecule has 0 saturated carbocycles. The zero-order valence-electron chi connectivity index (χ0n) is 21.8. The van der Waals surface area contributed by atoms with Crippen LogP contribution >= 0.6 is 0 Å². The predicted molar refractivity (Wildman–Crippen MR) is 145 cm³/mol. The van der Waals surface area contributed by atoms with Crippen LogP contribution in [-0.4, -0.2) is 61.2 Å². The zero-order valence-corrected chi connectivity index (χ0v) is 21.8. The third kappa shape index (κ3) is 11.3. The number of nitrogens with zero attached hydrogens (tertiary/aromatic N) is 1. The number of halogens is 1. The summed E-state index contributed by atoms with van der Waals surface area (Å²) in [4.78, 5) is 35.1. The Bertz CT molecular complexity index is 1170. The second kappa shape index (κ2) is 19.0. The highest BCUT2D eigenvalue weighted by molar-refractivity contribution is 5.75. The molecule has 0 aliphatic carbocycles. The Kier molecular flexibility index (Phi) is 17.0. The number of rotatable bonds is 5. The van der Waals surface area contributed by atoms with Crippen molar-refractivity contribution in [2.45, 2.75) is 26.4 Å². The maximum Gasteiger partial charge on any atom is 0.248 e. The first-order chi connectivity index (χ1) is 18.3. The van der Waals surface area contributed by atoms with Gasteiger partial charge in [0.15, 0.2) is 0 Å². The summed E-state index contributed by atoms with van der Waals surface area (Å²) in [6.07, 6.45) is 3.61.